The second-order valence-corrected chi connectivity index (χ2v) is 4.89. The van der Waals surface area contributed by atoms with Gasteiger partial charge in [0.2, 0.25) is 0 Å². The molecule has 0 aliphatic carbocycles. The minimum absolute atomic E-state index is 0.242. The van der Waals surface area contributed by atoms with E-state index in [-0.39, 0.29) is 11.4 Å². The molecule has 0 unspecified atom stereocenters. The van der Waals surface area contributed by atoms with E-state index < -0.39 is 0 Å². The summed E-state index contributed by atoms with van der Waals surface area (Å²) in [5.41, 5.74) is 7.26. The number of rotatable bonds is 2. The van der Waals surface area contributed by atoms with E-state index in [1.165, 1.54) is 12.1 Å². The quantitative estimate of drug-likeness (QED) is 0.842. The first-order valence-electron chi connectivity index (χ1n) is 5.26. The van der Waals surface area contributed by atoms with Crippen LogP contribution >= 0.6 is 0 Å². The lowest BCUT2D eigenvalue weighted by molar-refractivity contribution is 0.495. The van der Waals surface area contributed by atoms with Crippen LogP contribution in [0.25, 0.3) is 11.0 Å². The first kappa shape index (κ1) is 11.1. The lowest BCUT2D eigenvalue weighted by Crippen LogP contribution is -2.35. The second-order valence-electron chi connectivity index (χ2n) is 4.89. The molecule has 0 saturated heterocycles. The average molecular weight is 221 g/mol. The van der Waals surface area contributed by atoms with Gasteiger partial charge in [0, 0.05) is 19.0 Å². The molecule has 3 nitrogen and oxygen atoms in total. The van der Waals surface area contributed by atoms with Gasteiger partial charge >= 0.3 is 0 Å². The van der Waals surface area contributed by atoms with Crippen LogP contribution in [0.2, 0.25) is 0 Å². The number of benzene rings is 1. The van der Waals surface area contributed by atoms with E-state index in [2.05, 4.69) is 4.98 Å². The average Bonchev–Trinajstić information content (AvgIpc) is 2.42. The summed E-state index contributed by atoms with van der Waals surface area (Å²) in [5, 5.41) is 0. The number of aryl methyl sites for hydroxylation is 1. The predicted molar refractivity (Wildman–Crippen MR) is 62.6 cm³/mol. The van der Waals surface area contributed by atoms with Gasteiger partial charge in [-0.2, -0.15) is 0 Å². The summed E-state index contributed by atoms with van der Waals surface area (Å²) in [6, 6.07) is 4.61. The molecule has 0 radical (unpaired) electrons. The van der Waals surface area contributed by atoms with E-state index in [1.54, 1.807) is 6.07 Å². The zero-order valence-electron chi connectivity index (χ0n) is 9.79. The van der Waals surface area contributed by atoms with Crippen molar-refractivity contribution in [3.05, 3.63) is 29.8 Å². The van der Waals surface area contributed by atoms with Gasteiger partial charge < -0.3 is 10.3 Å². The van der Waals surface area contributed by atoms with Gasteiger partial charge in [0.15, 0.2) is 0 Å². The Hall–Kier alpha value is -1.42. The molecule has 1 aromatic carbocycles. The Morgan fingerprint density at radius 2 is 2.12 bits per heavy atom. The largest absolute Gasteiger partial charge is 0.331 e. The zero-order valence-corrected chi connectivity index (χ0v) is 9.79. The van der Waals surface area contributed by atoms with Crippen molar-refractivity contribution in [1.29, 1.82) is 0 Å². The fraction of sp³-hybridized carbons (Fsp3) is 0.417. The molecule has 0 fully saturated rings. The smallest absolute Gasteiger partial charge is 0.125 e. The highest BCUT2D eigenvalue weighted by molar-refractivity contribution is 5.75. The number of nitrogens with zero attached hydrogens (tertiary/aromatic N) is 2. The van der Waals surface area contributed by atoms with Crippen LogP contribution in [-0.2, 0) is 13.5 Å². The molecule has 0 amide bonds. The third kappa shape index (κ3) is 2.07. The molecular weight excluding hydrogens is 205 g/mol. The number of imidazole rings is 1. The molecule has 16 heavy (non-hydrogen) atoms. The lowest BCUT2D eigenvalue weighted by atomic mass is 10.0. The van der Waals surface area contributed by atoms with Crippen molar-refractivity contribution >= 4 is 11.0 Å². The van der Waals surface area contributed by atoms with Gasteiger partial charge in [-0.1, -0.05) is 0 Å². The van der Waals surface area contributed by atoms with Crippen LogP contribution in [0.5, 0.6) is 0 Å². The van der Waals surface area contributed by atoms with Gasteiger partial charge in [-0.3, -0.25) is 0 Å². The minimum Gasteiger partial charge on any atom is -0.331 e. The van der Waals surface area contributed by atoms with Crippen LogP contribution in [0.4, 0.5) is 4.39 Å². The number of hydrogen-bond acceptors (Lipinski definition) is 2. The molecule has 2 aromatic rings. The molecule has 4 heteroatoms. The number of fused-ring (bicyclic) bond motifs is 1. The molecule has 2 N–H and O–H groups in total. The van der Waals surface area contributed by atoms with Crippen molar-refractivity contribution in [2.45, 2.75) is 25.8 Å². The van der Waals surface area contributed by atoms with E-state index in [1.807, 2.05) is 25.5 Å². The maximum absolute atomic E-state index is 13.1. The molecule has 0 bridgehead atoms. The van der Waals surface area contributed by atoms with E-state index in [0.29, 0.717) is 6.42 Å². The predicted octanol–water partition coefficient (Wildman–Crippen LogP) is 1.99. The summed E-state index contributed by atoms with van der Waals surface area (Å²) in [6.07, 6.45) is 0.666. The maximum Gasteiger partial charge on any atom is 0.125 e. The Labute approximate surface area is 94.1 Å². The number of hydrogen-bond donors (Lipinski definition) is 1. The van der Waals surface area contributed by atoms with Gasteiger partial charge in [0.05, 0.1) is 11.0 Å². The van der Waals surface area contributed by atoms with Gasteiger partial charge in [-0.05, 0) is 32.0 Å². The van der Waals surface area contributed by atoms with E-state index >= 15 is 0 Å². The van der Waals surface area contributed by atoms with Gasteiger partial charge in [-0.15, -0.1) is 0 Å². The molecule has 0 atom stereocenters. The van der Waals surface area contributed by atoms with Crippen LogP contribution < -0.4 is 5.73 Å². The highest BCUT2D eigenvalue weighted by Gasteiger charge is 2.17. The molecule has 0 aliphatic rings. The van der Waals surface area contributed by atoms with Gasteiger partial charge in [0.25, 0.3) is 0 Å². The minimum atomic E-state index is -0.312. The molecule has 2 rings (SSSR count). The summed E-state index contributed by atoms with van der Waals surface area (Å²) in [4.78, 5) is 4.46. The van der Waals surface area contributed by atoms with Crippen molar-refractivity contribution in [3.63, 3.8) is 0 Å². The third-order valence-electron chi connectivity index (χ3n) is 2.55. The molecule has 0 saturated carbocycles. The Kier molecular flexibility index (Phi) is 2.46. The highest BCUT2D eigenvalue weighted by atomic mass is 19.1. The fourth-order valence-electron chi connectivity index (χ4n) is 1.78. The number of nitrogens with two attached hydrogens (primary N) is 1. The van der Waals surface area contributed by atoms with E-state index in [4.69, 9.17) is 5.73 Å². The van der Waals surface area contributed by atoms with Crippen LogP contribution in [0.1, 0.15) is 19.7 Å². The van der Waals surface area contributed by atoms with Crippen molar-refractivity contribution in [2.24, 2.45) is 12.8 Å². The second kappa shape index (κ2) is 3.56. The molecule has 86 valence electrons. The third-order valence-corrected chi connectivity index (χ3v) is 2.55. The van der Waals surface area contributed by atoms with Crippen LogP contribution in [0.15, 0.2) is 18.2 Å². The zero-order chi connectivity index (χ0) is 11.9. The first-order chi connectivity index (χ1) is 7.37. The highest BCUT2D eigenvalue weighted by Crippen LogP contribution is 2.18. The summed E-state index contributed by atoms with van der Waals surface area (Å²) in [5.74, 6) is 0.641. The molecule has 1 heterocycles. The Morgan fingerprint density at radius 3 is 2.75 bits per heavy atom. The first-order valence-corrected chi connectivity index (χ1v) is 5.26. The van der Waals surface area contributed by atoms with Crippen LogP contribution in [-0.4, -0.2) is 15.1 Å². The Morgan fingerprint density at radius 1 is 1.44 bits per heavy atom. The Bertz CT molecular complexity index is 523. The summed E-state index contributed by atoms with van der Waals surface area (Å²) < 4.78 is 15.0. The maximum atomic E-state index is 13.1. The lowest BCUT2D eigenvalue weighted by Gasteiger charge is -2.17. The van der Waals surface area contributed by atoms with E-state index in [0.717, 1.165) is 16.9 Å². The normalized spacial score (nSPS) is 12.3. The van der Waals surface area contributed by atoms with Gasteiger partial charge in [0.1, 0.15) is 11.6 Å². The number of aromatic nitrogens is 2. The van der Waals surface area contributed by atoms with Gasteiger partial charge in [-0.25, -0.2) is 9.37 Å². The van der Waals surface area contributed by atoms with Crippen LogP contribution in [0.3, 0.4) is 0 Å². The molecule has 0 spiro atoms. The molecule has 1 aromatic heterocycles. The summed E-state index contributed by atoms with van der Waals surface area (Å²) in [7, 11) is 1.88. The topological polar surface area (TPSA) is 43.8 Å². The Balaban J connectivity index is 2.52. The molecular formula is C12H16FN3. The summed E-state index contributed by atoms with van der Waals surface area (Å²) >= 11 is 0. The van der Waals surface area contributed by atoms with Crippen LogP contribution in [0, 0.1) is 5.82 Å². The monoisotopic (exact) mass is 221 g/mol. The van der Waals surface area contributed by atoms with E-state index in [9.17, 15) is 4.39 Å². The van der Waals surface area contributed by atoms with Crippen molar-refractivity contribution in [2.75, 3.05) is 0 Å². The standard InChI is InChI=1S/C12H16FN3/c1-12(2,14)7-11-15-9-5-4-8(13)6-10(9)16(11)3/h4-6H,7,14H2,1-3H3. The number of halogens is 1. The van der Waals surface area contributed by atoms with Crippen molar-refractivity contribution in [1.82, 2.24) is 9.55 Å². The summed E-state index contributed by atoms with van der Waals surface area (Å²) in [6.45, 7) is 3.90. The van der Waals surface area contributed by atoms with Crippen molar-refractivity contribution in [3.8, 4) is 0 Å². The molecule has 0 aliphatic heterocycles. The van der Waals surface area contributed by atoms with Crippen molar-refractivity contribution < 1.29 is 4.39 Å². The fourth-order valence-corrected chi connectivity index (χ4v) is 1.78. The SMILES string of the molecule is Cn1c(CC(C)(C)N)nc2ccc(F)cc21.